The van der Waals surface area contributed by atoms with Crippen molar-refractivity contribution >= 4 is 18.0 Å². The van der Waals surface area contributed by atoms with Crippen LogP contribution >= 0.6 is 0 Å². The van der Waals surface area contributed by atoms with Crippen molar-refractivity contribution in [1.82, 2.24) is 5.01 Å². The summed E-state index contributed by atoms with van der Waals surface area (Å²) >= 11 is 0. The number of hydrazone groups is 1. The lowest BCUT2D eigenvalue weighted by atomic mass is 10.0. The number of hydrogen-bond acceptors (Lipinski definition) is 4. The zero-order chi connectivity index (χ0) is 12.8. The third-order valence-corrected chi connectivity index (χ3v) is 3.75. The first-order valence-electron chi connectivity index (χ1n) is 6.54. The Morgan fingerprint density at radius 3 is 3.11 bits per heavy atom. The Bertz CT molecular complexity index is 776. The number of hydrogen-bond donors (Lipinski definition) is 1. The largest absolute Gasteiger partial charge is 0.292 e. The fourth-order valence-corrected chi connectivity index (χ4v) is 2.79. The Kier molecular flexibility index (Phi) is 2.12. The number of nitrogens with zero attached hydrogens (tertiary/aromatic N) is 3. The van der Waals surface area contributed by atoms with E-state index in [4.69, 9.17) is 0 Å². The van der Waals surface area contributed by atoms with Gasteiger partial charge in [0.25, 0.3) is 0 Å². The van der Waals surface area contributed by atoms with Gasteiger partial charge in [0.1, 0.15) is 0 Å². The summed E-state index contributed by atoms with van der Waals surface area (Å²) in [4.78, 5) is 0. The molecular formula is C15H14N4. The summed E-state index contributed by atoms with van der Waals surface area (Å²) in [5.41, 5.74) is 7.99. The molecule has 4 rings (SSSR count). The Hall–Kier alpha value is -2.36. The van der Waals surface area contributed by atoms with E-state index in [9.17, 15) is 0 Å². The highest BCUT2D eigenvalue weighted by Gasteiger charge is 2.20. The third kappa shape index (κ3) is 1.46. The average molecular weight is 250 g/mol. The van der Waals surface area contributed by atoms with Crippen LogP contribution in [0.2, 0.25) is 0 Å². The molecule has 0 spiro atoms. The third-order valence-electron chi connectivity index (χ3n) is 3.75. The maximum Gasteiger partial charge on any atom is 0.0914 e. The van der Waals surface area contributed by atoms with Crippen molar-refractivity contribution in [2.45, 2.75) is 13.5 Å². The lowest BCUT2D eigenvalue weighted by Gasteiger charge is -2.21. The van der Waals surface area contributed by atoms with Gasteiger partial charge >= 0.3 is 0 Å². The van der Waals surface area contributed by atoms with Crippen molar-refractivity contribution < 1.29 is 0 Å². The maximum atomic E-state index is 4.68. The van der Waals surface area contributed by atoms with E-state index in [1.54, 1.807) is 6.21 Å². The standard InChI is InChI=1S/C15H14N4/c1-2-19-9-11-4-3-10-7-8-16-17-15(10)12-5-6-13(18-19)14(11)12/h3-8,17H,2,9H2,1H3. The van der Waals surface area contributed by atoms with Crippen molar-refractivity contribution in [2.24, 2.45) is 10.2 Å². The van der Waals surface area contributed by atoms with Gasteiger partial charge in [-0.1, -0.05) is 12.1 Å². The lowest BCUT2D eigenvalue weighted by molar-refractivity contribution is 0.279. The van der Waals surface area contributed by atoms with Gasteiger partial charge in [-0.15, -0.1) is 0 Å². The monoisotopic (exact) mass is 250 g/mol. The van der Waals surface area contributed by atoms with E-state index in [-0.39, 0.29) is 0 Å². The smallest absolute Gasteiger partial charge is 0.0914 e. The molecule has 19 heavy (non-hydrogen) atoms. The summed E-state index contributed by atoms with van der Waals surface area (Å²) in [7, 11) is 0. The maximum absolute atomic E-state index is 4.68. The summed E-state index contributed by atoms with van der Waals surface area (Å²) < 4.78 is 0. The summed E-state index contributed by atoms with van der Waals surface area (Å²) in [5, 5.41) is 13.2. The second kappa shape index (κ2) is 3.82. The van der Waals surface area contributed by atoms with Gasteiger partial charge in [0.15, 0.2) is 0 Å². The SMILES string of the molecule is CCN1Cc2ccc3c(c4ccc(c2-4)=N1)NN=CC=3. The first-order chi connectivity index (χ1) is 9.36. The van der Waals surface area contributed by atoms with E-state index in [1.165, 1.54) is 21.9 Å². The van der Waals surface area contributed by atoms with Crippen LogP contribution < -0.4 is 16.0 Å². The van der Waals surface area contributed by atoms with Crippen LogP contribution in [-0.2, 0) is 6.54 Å². The van der Waals surface area contributed by atoms with Crippen LogP contribution in [0.4, 0.5) is 5.69 Å². The van der Waals surface area contributed by atoms with Gasteiger partial charge in [-0.3, -0.25) is 10.4 Å². The highest BCUT2D eigenvalue weighted by molar-refractivity contribution is 5.96. The van der Waals surface area contributed by atoms with Crippen LogP contribution in [0.5, 0.6) is 0 Å². The fraction of sp³-hybridized carbons (Fsp3) is 0.200. The zero-order valence-corrected chi connectivity index (χ0v) is 10.7. The minimum atomic E-state index is 0.873. The first-order valence-corrected chi connectivity index (χ1v) is 6.54. The molecule has 0 radical (unpaired) electrons. The molecule has 0 saturated heterocycles. The molecule has 0 amide bonds. The lowest BCUT2D eigenvalue weighted by Crippen LogP contribution is -2.25. The topological polar surface area (TPSA) is 40.0 Å². The van der Waals surface area contributed by atoms with E-state index in [1.807, 2.05) is 6.08 Å². The number of anilines is 1. The molecule has 0 bridgehead atoms. The fourth-order valence-electron chi connectivity index (χ4n) is 2.79. The number of nitrogens with one attached hydrogen (secondary N) is 1. The van der Waals surface area contributed by atoms with Crippen molar-refractivity contribution in [3.8, 4) is 11.1 Å². The van der Waals surface area contributed by atoms with Gasteiger partial charge in [-0.05, 0) is 30.7 Å². The molecule has 4 heteroatoms. The number of rotatable bonds is 1. The summed E-state index contributed by atoms with van der Waals surface area (Å²) in [6, 6.07) is 8.60. The Morgan fingerprint density at radius 2 is 2.21 bits per heavy atom. The molecule has 0 saturated carbocycles. The first kappa shape index (κ1) is 10.6. The quantitative estimate of drug-likeness (QED) is 0.830. The molecule has 2 aliphatic carbocycles. The van der Waals surface area contributed by atoms with E-state index >= 15 is 0 Å². The predicted octanol–water partition coefficient (Wildman–Crippen LogP) is 1.35. The van der Waals surface area contributed by atoms with Crippen LogP contribution in [0.15, 0.2) is 34.5 Å². The van der Waals surface area contributed by atoms with Gasteiger partial charge < -0.3 is 0 Å². The summed E-state index contributed by atoms with van der Waals surface area (Å²) in [5.74, 6) is 0. The van der Waals surface area contributed by atoms with E-state index in [0.717, 1.165) is 24.1 Å². The molecular weight excluding hydrogens is 236 g/mol. The van der Waals surface area contributed by atoms with Crippen LogP contribution in [0, 0.1) is 0 Å². The second-order valence-corrected chi connectivity index (χ2v) is 4.83. The molecule has 2 heterocycles. The van der Waals surface area contributed by atoms with Crippen molar-refractivity contribution in [2.75, 3.05) is 12.0 Å². The van der Waals surface area contributed by atoms with E-state index in [0.29, 0.717) is 0 Å². The van der Waals surface area contributed by atoms with Gasteiger partial charge in [0.2, 0.25) is 0 Å². The Morgan fingerprint density at radius 1 is 1.26 bits per heavy atom. The van der Waals surface area contributed by atoms with Crippen molar-refractivity contribution in [3.05, 3.63) is 40.4 Å². The molecule has 0 aromatic heterocycles. The normalized spacial score (nSPS) is 15.5. The van der Waals surface area contributed by atoms with Gasteiger partial charge in [-0.2, -0.15) is 10.2 Å². The molecule has 0 aromatic rings. The predicted molar refractivity (Wildman–Crippen MR) is 76.5 cm³/mol. The van der Waals surface area contributed by atoms with Crippen LogP contribution in [0.25, 0.3) is 17.2 Å². The Labute approximate surface area is 111 Å². The highest BCUT2D eigenvalue weighted by atomic mass is 15.4. The van der Waals surface area contributed by atoms with Gasteiger partial charge in [0, 0.05) is 29.1 Å². The summed E-state index contributed by atoms with van der Waals surface area (Å²) in [6.45, 7) is 3.93. The molecule has 1 N–H and O–H groups in total. The van der Waals surface area contributed by atoms with Crippen LogP contribution in [0.3, 0.4) is 0 Å². The molecule has 4 aliphatic rings. The van der Waals surface area contributed by atoms with Crippen LogP contribution in [-0.4, -0.2) is 17.8 Å². The zero-order valence-electron chi connectivity index (χ0n) is 10.7. The molecule has 0 fully saturated rings. The molecule has 0 aromatic carbocycles. The second-order valence-electron chi connectivity index (χ2n) is 4.83. The van der Waals surface area contributed by atoms with Crippen LogP contribution in [0.1, 0.15) is 12.5 Å². The minimum absolute atomic E-state index is 0.873. The molecule has 94 valence electrons. The Balaban J connectivity index is 2.08. The van der Waals surface area contributed by atoms with E-state index in [2.05, 4.69) is 51.8 Å². The van der Waals surface area contributed by atoms with E-state index < -0.39 is 0 Å². The van der Waals surface area contributed by atoms with Crippen molar-refractivity contribution in [3.63, 3.8) is 0 Å². The van der Waals surface area contributed by atoms with Gasteiger partial charge in [-0.25, -0.2) is 0 Å². The summed E-state index contributed by atoms with van der Waals surface area (Å²) in [6.07, 6.45) is 3.83. The molecule has 2 aliphatic heterocycles. The number of fused-ring (bicyclic) bond motifs is 2. The minimum Gasteiger partial charge on any atom is -0.292 e. The average Bonchev–Trinajstić information content (AvgIpc) is 2.81. The van der Waals surface area contributed by atoms with Gasteiger partial charge in [0.05, 0.1) is 17.6 Å². The molecule has 0 atom stereocenters. The molecule has 0 unspecified atom stereocenters. The highest BCUT2D eigenvalue weighted by Crippen LogP contribution is 2.30. The molecule has 4 nitrogen and oxygen atoms in total. The van der Waals surface area contributed by atoms with Crippen molar-refractivity contribution in [1.29, 1.82) is 0 Å².